The maximum absolute atomic E-state index is 13.3. The number of aryl methyl sites for hydroxylation is 1. The topological polar surface area (TPSA) is 100 Å². The Morgan fingerprint density at radius 1 is 1.03 bits per heavy atom. The van der Waals surface area contributed by atoms with Gasteiger partial charge in [-0.1, -0.05) is 42.0 Å². The summed E-state index contributed by atoms with van der Waals surface area (Å²) in [6, 6.07) is 14.7. The molecule has 2 aromatic carbocycles. The minimum absolute atomic E-state index is 0.0631. The summed E-state index contributed by atoms with van der Waals surface area (Å²) in [6.07, 6.45) is 1.10. The van der Waals surface area contributed by atoms with Crippen LogP contribution in [0.3, 0.4) is 0 Å². The number of nitrogens with zero attached hydrogens (tertiary/aromatic N) is 2. The minimum atomic E-state index is -0.455. The molecule has 5 rings (SSSR count). The predicted octanol–water partition coefficient (Wildman–Crippen LogP) is 4.06. The Morgan fingerprint density at radius 2 is 1.83 bits per heavy atom. The van der Waals surface area contributed by atoms with Gasteiger partial charge >= 0.3 is 0 Å². The SMILES string of the molecule is Cc1cccc(C2CC(=O)C3=C(C2)Nc2nonc2NC3c2cccc(O)c2)c1. The Labute approximate surface area is 167 Å². The molecule has 0 saturated carbocycles. The van der Waals surface area contributed by atoms with Gasteiger partial charge in [0.05, 0.1) is 6.04 Å². The van der Waals surface area contributed by atoms with E-state index in [1.807, 2.05) is 12.1 Å². The zero-order valence-electron chi connectivity index (χ0n) is 15.8. The van der Waals surface area contributed by atoms with Crippen LogP contribution in [0.4, 0.5) is 11.6 Å². The number of aromatic nitrogens is 2. The molecule has 29 heavy (non-hydrogen) atoms. The van der Waals surface area contributed by atoms with E-state index in [-0.39, 0.29) is 17.5 Å². The highest BCUT2D eigenvalue weighted by atomic mass is 16.6. The number of carbonyl (C=O) groups excluding carboxylic acids is 1. The molecule has 3 aromatic rings. The van der Waals surface area contributed by atoms with Crippen molar-refractivity contribution in [2.24, 2.45) is 0 Å². The Kier molecular flexibility index (Phi) is 4.08. The number of fused-ring (bicyclic) bond motifs is 1. The Balaban J connectivity index is 1.60. The number of allylic oxidation sites excluding steroid dienone is 1. The van der Waals surface area contributed by atoms with Crippen LogP contribution in [-0.4, -0.2) is 21.2 Å². The fourth-order valence-corrected chi connectivity index (χ4v) is 4.22. The maximum atomic E-state index is 13.3. The molecule has 0 amide bonds. The lowest BCUT2D eigenvalue weighted by molar-refractivity contribution is -0.116. The van der Waals surface area contributed by atoms with Crippen molar-refractivity contribution in [3.05, 3.63) is 76.5 Å². The van der Waals surface area contributed by atoms with Crippen molar-refractivity contribution in [1.82, 2.24) is 10.3 Å². The summed E-state index contributed by atoms with van der Waals surface area (Å²) in [5.74, 6) is 1.18. The van der Waals surface area contributed by atoms with E-state index in [1.54, 1.807) is 18.2 Å². The first-order chi connectivity index (χ1) is 14.1. The summed E-state index contributed by atoms with van der Waals surface area (Å²) in [7, 11) is 0. The van der Waals surface area contributed by atoms with Gasteiger partial charge in [0.15, 0.2) is 5.78 Å². The van der Waals surface area contributed by atoms with Gasteiger partial charge in [0.25, 0.3) is 0 Å². The van der Waals surface area contributed by atoms with Gasteiger partial charge in [-0.25, -0.2) is 4.63 Å². The van der Waals surface area contributed by atoms with E-state index in [9.17, 15) is 9.90 Å². The molecule has 7 heteroatoms. The molecule has 1 aromatic heterocycles. The van der Waals surface area contributed by atoms with Crippen LogP contribution in [0.5, 0.6) is 5.75 Å². The van der Waals surface area contributed by atoms with E-state index in [0.717, 1.165) is 16.8 Å². The van der Waals surface area contributed by atoms with Crippen molar-refractivity contribution in [3.63, 3.8) is 0 Å². The van der Waals surface area contributed by atoms with E-state index >= 15 is 0 Å². The molecule has 0 bridgehead atoms. The van der Waals surface area contributed by atoms with Gasteiger partial charge in [0, 0.05) is 17.7 Å². The number of nitrogens with one attached hydrogen (secondary N) is 2. The van der Waals surface area contributed by atoms with Gasteiger partial charge in [-0.05, 0) is 52.8 Å². The molecule has 2 heterocycles. The van der Waals surface area contributed by atoms with Crippen LogP contribution in [0.25, 0.3) is 0 Å². The molecule has 0 fully saturated rings. The van der Waals surface area contributed by atoms with E-state index in [1.165, 1.54) is 5.56 Å². The van der Waals surface area contributed by atoms with E-state index in [2.05, 4.69) is 46.1 Å². The molecule has 2 unspecified atom stereocenters. The summed E-state index contributed by atoms with van der Waals surface area (Å²) < 4.78 is 4.88. The molecule has 146 valence electrons. The van der Waals surface area contributed by atoms with Crippen LogP contribution in [-0.2, 0) is 4.79 Å². The lowest BCUT2D eigenvalue weighted by Gasteiger charge is -2.29. The highest BCUT2D eigenvalue weighted by molar-refractivity contribution is 6.00. The van der Waals surface area contributed by atoms with Gasteiger partial charge < -0.3 is 15.7 Å². The van der Waals surface area contributed by atoms with Crippen molar-refractivity contribution in [2.45, 2.75) is 31.7 Å². The van der Waals surface area contributed by atoms with Gasteiger partial charge in [-0.2, -0.15) is 0 Å². The molecule has 3 N–H and O–H groups in total. The van der Waals surface area contributed by atoms with Crippen LogP contribution in [0, 0.1) is 6.92 Å². The van der Waals surface area contributed by atoms with Crippen LogP contribution >= 0.6 is 0 Å². The molecular formula is C22H20N4O3. The number of rotatable bonds is 2. The summed E-state index contributed by atoms with van der Waals surface area (Å²) in [5, 5.41) is 24.3. The molecule has 2 aliphatic rings. The largest absolute Gasteiger partial charge is 0.508 e. The number of phenolic OH excluding ortho intramolecular Hbond substituents is 1. The minimum Gasteiger partial charge on any atom is -0.508 e. The number of aromatic hydroxyl groups is 1. The maximum Gasteiger partial charge on any atom is 0.219 e. The average Bonchev–Trinajstić information content (AvgIpc) is 3.06. The third-order valence-corrected chi connectivity index (χ3v) is 5.55. The molecule has 0 spiro atoms. The quantitative estimate of drug-likeness (QED) is 0.608. The monoisotopic (exact) mass is 388 g/mol. The highest BCUT2D eigenvalue weighted by Gasteiger charge is 2.37. The molecule has 1 aliphatic carbocycles. The highest BCUT2D eigenvalue weighted by Crippen LogP contribution is 2.43. The van der Waals surface area contributed by atoms with Gasteiger partial charge in [-0.3, -0.25) is 4.79 Å². The normalized spacial score (nSPS) is 20.9. The summed E-state index contributed by atoms with van der Waals surface area (Å²) >= 11 is 0. The second kappa shape index (κ2) is 6.77. The average molecular weight is 388 g/mol. The van der Waals surface area contributed by atoms with Crippen molar-refractivity contribution < 1.29 is 14.5 Å². The van der Waals surface area contributed by atoms with Gasteiger partial charge in [0.2, 0.25) is 11.6 Å². The predicted molar refractivity (Wildman–Crippen MR) is 108 cm³/mol. The lowest BCUT2D eigenvalue weighted by atomic mass is 9.78. The first-order valence-electron chi connectivity index (χ1n) is 9.56. The van der Waals surface area contributed by atoms with Crippen molar-refractivity contribution in [3.8, 4) is 5.75 Å². The standard InChI is InChI=1S/C22H20N4O3/c1-12-4-2-5-13(8-12)15-10-17-19(18(28)11-15)20(14-6-3-7-16(27)9-14)24-22-21(23-17)25-29-26-22/h2-9,15,20,27H,10-11H2,1H3,(H,23,25)(H,24,26). The van der Waals surface area contributed by atoms with Crippen LogP contribution in [0.15, 0.2) is 64.4 Å². The van der Waals surface area contributed by atoms with E-state index in [4.69, 9.17) is 4.63 Å². The summed E-state index contributed by atoms with van der Waals surface area (Å²) in [4.78, 5) is 13.3. The number of phenols is 1. The summed E-state index contributed by atoms with van der Waals surface area (Å²) in [6.45, 7) is 2.05. The zero-order chi connectivity index (χ0) is 20.0. The van der Waals surface area contributed by atoms with Crippen LogP contribution in [0.1, 0.15) is 41.5 Å². The number of anilines is 2. The van der Waals surface area contributed by atoms with Gasteiger partial charge in [0.1, 0.15) is 5.75 Å². The number of benzene rings is 2. The lowest BCUT2D eigenvalue weighted by Crippen LogP contribution is -2.27. The molecule has 0 saturated heterocycles. The number of ketones is 1. The molecular weight excluding hydrogens is 368 g/mol. The zero-order valence-corrected chi connectivity index (χ0v) is 15.8. The second-order valence-electron chi connectivity index (χ2n) is 7.59. The Bertz CT molecular complexity index is 1130. The van der Waals surface area contributed by atoms with Crippen molar-refractivity contribution >= 4 is 17.4 Å². The summed E-state index contributed by atoms with van der Waals surface area (Å²) in [5.41, 5.74) is 4.56. The Hall–Kier alpha value is -3.61. The number of Topliss-reactive ketones (excluding diaryl/α,β-unsaturated/α-hetero) is 1. The number of carbonyl (C=O) groups is 1. The van der Waals surface area contributed by atoms with E-state index in [0.29, 0.717) is 30.1 Å². The molecule has 0 radical (unpaired) electrons. The van der Waals surface area contributed by atoms with Crippen molar-refractivity contribution in [2.75, 3.05) is 10.6 Å². The molecule has 1 aliphatic heterocycles. The van der Waals surface area contributed by atoms with Crippen LogP contribution in [0.2, 0.25) is 0 Å². The van der Waals surface area contributed by atoms with E-state index < -0.39 is 6.04 Å². The smallest absolute Gasteiger partial charge is 0.219 e. The van der Waals surface area contributed by atoms with Crippen LogP contribution < -0.4 is 10.6 Å². The van der Waals surface area contributed by atoms with Crippen molar-refractivity contribution in [1.29, 1.82) is 0 Å². The third-order valence-electron chi connectivity index (χ3n) is 5.55. The second-order valence-corrected chi connectivity index (χ2v) is 7.59. The number of hydrogen-bond donors (Lipinski definition) is 3. The fraction of sp³-hybridized carbons (Fsp3) is 0.227. The molecule has 2 atom stereocenters. The molecule has 7 nitrogen and oxygen atoms in total. The Morgan fingerprint density at radius 3 is 2.66 bits per heavy atom. The first kappa shape index (κ1) is 17.5. The van der Waals surface area contributed by atoms with Gasteiger partial charge in [-0.15, -0.1) is 0 Å². The fourth-order valence-electron chi connectivity index (χ4n) is 4.22. The number of hydrogen-bond acceptors (Lipinski definition) is 7. The third kappa shape index (κ3) is 3.14. The first-order valence-corrected chi connectivity index (χ1v) is 9.56.